The van der Waals surface area contributed by atoms with Crippen molar-refractivity contribution in [2.45, 2.75) is 19.4 Å². The standard InChI is InChI=1S/C11H22N2O/c1-3-5-13-9-10(2)7-12-8-11(13)4-6-14/h3,10-12,14H,1,4-9H2,2H3. The number of aliphatic hydroxyl groups is 1. The second kappa shape index (κ2) is 6.17. The fourth-order valence-corrected chi connectivity index (χ4v) is 2.06. The van der Waals surface area contributed by atoms with Crippen LogP contribution in [0.4, 0.5) is 0 Å². The van der Waals surface area contributed by atoms with E-state index in [-0.39, 0.29) is 6.61 Å². The Balaban J connectivity index is 2.53. The molecule has 1 saturated heterocycles. The molecule has 82 valence electrons. The molecule has 1 aliphatic heterocycles. The maximum absolute atomic E-state index is 8.98. The molecule has 2 N–H and O–H groups in total. The summed E-state index contributed by atoms with van der Waals surface area (Å²) in [5.41, 5.74) is 0. The summed E-state index contributed by atoms with van der Waals surface area (Å²) in [4.78, 5) is 2.41. The smallest absolute Gasteiger partial charge is 0.0446 e. The quantitative estimate of drug-likeness (QED) is 0.644. The average Bonchev–Trinajstić information content (AvgIpc) is 2.31. The lowest BCUT2D eigenvalue weighted by molar-refractivity contribution is 0.169. The van der Waals surface area contributed by atoms with E-state index in [9.17, 15) is 0 Å². The first-order valence-corrected chi connectivity index (χ1v) is 5.44. The molecule has 1 aliphatic rings. The maximum Gasteiger partial charge on any atom is 0.0446 e. The summed E-state index contributed by atoms with van der Waals surface area (Å²) in [7, 11) is 0. The summed E-state index contributed by atoms with van der Waals surface area (Å²) in [5.74, 6) is 0.679. The summed E-state index contributed by atoms with van der Waals surface area (Å²) in [6.07, 6.45) is 2.80. The fraction of sp³-hybridized carbons (Fsp3) is 0.818. The topological polar surface area (TPSA) is 35.5 Å². The minimum atomic E-state index is 0.272. The van der Waals surface area contributed by atoms with Gasteiger partial charge in [0, 0.05) is 32.3 Å². The van der Waals surface area contributed by atoms with Crippen LogP contribution < -0.4 is 5.32 Å². The van der Waals surface area contributed by atoms with Gasteiger partial charge in [-0.15, -0.1) is 6.58 Å². The van der Waals surface area contributed by atoms with Crippen LogP contribution in [0.1, 0.15) is 13.3 Å². The highest BCUT2D eigenvalue weighted by atomic mass is 16.3. The van der Waals surface area contributed by atoms with Gasteiger partial charge in [-0.25, -0.2) is 0 Å². The molecule has 0 amide bonds. The molecule has 3 nitrogen and oxygen atoms in total. The molecule has 0 aromatic carbocycles. The van der Waals surface area contributed by atoms with Gasteiger partial charge in [0.25, 0.3) is 0 Å². The highest BCUT2D eigenvalue weighted by molar-refractivity contribution is 4.84. The van der Waals surface area contributed by atoms with Crippen LogP contribution in [0.2, 0.25) is 0 Å². The molecule has 2 unspecified atom stereocenters. The van der Waals surface area contributed by atoms with Crippen LogP contribution in [-0.4, -0.2) is 48.8 Å². The molecule has 0 saturated carbocycles. The van der Waals surface area contributed by atoms with E-state index in [1.807, 2.05) is 6.08 Å². The van der Waals surface area contributed by atoms with Gasteiger partial charge in [0.1, 0.15) is 0 Å². The zero-order valence-corrected chi connectivity index (χ0v) is 9.08. The van der Waals surface area contributed by atoms with Crippen molar-refractivity contribution in [3.05, 3.63) is 12.7 Å². The first kappa shape index (κ1) is 11.7. The molecule has 0 aromatic rings. The van der Waals surface area contributed by atoms with Crippen molar-refractivity contribution >= 4 is 0 Å². The van der Waals surface area contributed by atoms with E-state index in [0.29, 0.717) is 12.0 Å². The van der Waals surface area contributed by atoms with Crippen molar-refractivity contribution in [1.29, 1.82) is 0 Å². The van der Waals surface area contributed by atoms with Crippen molar-refractivity contribution < 1.29 is 5.11 Å². The van der Waals surface area contributed by atoms with Gasteiger partial charge in [-0.2, -0.15) is 0 Å². The van der Waals surface area contributed by atoms with Crippen molar-refractivity contribution in [3.63, 3.8) is 0 Å². The molecule has 0 aliphatic carbocycles. The molecule has 1 heterocycles. The van der Waals surface area contributed by atoms with Gasteiger partial charge >= 0.3 is 0 Å². The van der Waals surface area contributed by atoms with Crippen LogP contribution in [-0.2, 0) is 0 Å². The first-order valence-electron chi connectivity index (χ1n) is 5.44. The van der Waals surface area contributed by atoms with E-state index in [0.717, 1.165) is 32.6 Å². The molecular weight excluding hydrogens is 176 g/mol. The Bertz CT molecular complexity index is 173. The molecular formula is C11H22N2O. The zero-order valence-electron chi connectivity index (χ0n) is 9.08. The summed E-state index contributed by atoms with van der Waals surface area (Å²) < 4.78 is 0. The molecule has 3 heteroatoms. The normalized spacial score (nSPS) is 29.9. The lowest BCUT2D eigenvalue weighted by atomic mass is 10.1. The second-order valence-corrected chi connectivity index (χ2v) is 4.17. The van der Waals surface area contributed by atoms with E-state index < -0.39 is 0 Å². The Labute approximate surface area is 86.8 Å². The summed E-state index contributed by atoms with van der Waals surface area (Å²) >= 11 is 0. The Kier molecular flexibility index (Phi) is 5.15. The molecule has 0 aromatic heterocycles. The molecule has 1 rings (SSSR count). The maximum atomic E-state index is 8.98. The lowest BCUT2D eigenvalue weighted by Gasteiger charge is -2.29. The molecule has 0 radical (unpaired) electrons. The average molecular weight is 198 g/mol. The fourth-order valence-electron chi connectivity index (χ4n) is 2.06. The SMILES string of the molecule is C=CCN1CC(C)CNCC1CCO. The van der Waals surface area contributed by atoms with Gasteiger partial charge in [0.05, 0.1) is 0 Å². The second-order valence-electron chi connectivity index (χ2n) is 4.17. The largest absolute Gasteiger partial charge is 0.396 e. The molecule has 14 heavy (non-hydrogen) atoms. The van der Waals surface area contributed by atoms with Crippen LogP contribution in [0.25, 0.3) is 0 Å². The van der Waals surface area contributed by atoms with Crippen LogP contribution in [0.15, 0.2) is 12.7 Å². The van der Waals surface area contributed by atoms with E-state index in [4.69, 9.17) is 5.11 Å². The highest BCUT2D eigenvalue weighted by Gasteiger charge is 2.22. The minimum absolute atomic E-state index is 0.272. The number of aliphatic hydroxyl groups excluding tert-OH is 1. The van der Waals surface area contributed by atoms with Crippen molar-refractivity contribution in [2.24, 2.45) is 5.92 Å². The van der Waals surface area contributed by atoms with Crippen LogP contribution in [0, 0.1) is 5.92 Å². The third-order valence-electron chi connectivity index (χ3n) is 2.76. The highest BCUT2D eigenvalue weighted by Crippen LogP contribution is 2.10. The Hall–Kier alpha value is -0.380. The molecule has 1 fully saturated rings. The monoisotopic (exact) mass is 198 g/mol. The third-order valence-corrected chi connectivity index (χ3v) is 2.76. The molecule has 0 bridgehead atoms. The number of hydrogen-bond acceptors (Lipinski definition) is 3. The van der Waals surface area contributed by atoms with Crippen LogP contribution in [0.5, 0.6) is 0 Å². The molecule has 2 atom stereocenters. The van der Waals surface area contributed by atoms with E-state index in [1.165, 1.54) is 0 Å². The van der Waals surface area contributed by atoms with Gasteiger partial charge in [-0.1, -0.05) is 13.0 Å². The number of nitrogens with zero attached hydrogens (tertiary/aromatic N) is 1. The third kappa shape index (κ3) is 3.40. The number of nitrogens with one attached hydrogen (secondary N) is 1. The predicted octanol–water partition coefficient (Wildman–Crippen LogP) is 0.465. The Morgan fingerprint density at radius 3 is 3.00 bits per heavy atom. The van der Waals surface area contributed by atoms with Gasteiger partial charge in [0.2, 0.25) is 0 Å². The Morgan fingerprint density at radius 2 is 2.36 bits per heavy atom. The zero-order chi connectivity index (χ0) is 10.4. The van der Waals surface area contributed by atoms with Crippen molar-refractivity contribution in [1.82, 2.24) is 10.2 Å². The van der Waals surface area contributed by atoms with E-state index in [1.54, 1.807) is 0 Å². The minimum Gasteiger partial charge on any atom is -0.396 e. The van der Waals surface area contributed by atoms with Crippen LogP contribution in [0.3, 0.4) is 0 Å². The van der Waals surface area contributed by atoms with Crippen LogP contribution >= 0.6 is 0 Å². The lowest BCUT2D eigenvalue weighted by Crippen LogP contribution is -2.40. The van der Waals surface area contributed by atoms with E-state index in [2.05, 4.69) is 23.7 Å². The first-order chi connectivity index (χ1) is 6.77. The summed E-state index contributed by atoms with van der Waals surface area (Å²) in [6, 6.07) is 0.461. The summed E-state index contributed by atoms with van der Waals surface area (Å²) in [5, 5.41) is 12.4. The van der Waals surface area contributed by atoms with E-state index >= 15 is 0 Å². The van der Waals surface area contributed by atoms with Gasteiger partial charge in [0.15, 0.2) is 0 Å². The number of rotatable bonds is 4. The Morgan fingerprint density at radius 1 is 1.57 bits per heavy atom. The van der Waals surface area contributed by atoms with Crippen molar-refractivity contribution in [3.8, 4) is 0 Å². The van der Waals surface area contributed by atoms with Gasteiger partial charge in [-0.05, 0) is 18.9 Å². The van der Waals surface area contributed by atoms with Gasteiger partial charge < -0.3 is 10.4 Å². The summed E-state index contributed by atoms with van der Waals surface area (Å²) in [6.45, 7) is 10.4. The van der Waals surface area contributed by atoms with Crippen molar-refractivity contribution in [2.75, 3.05) is 32.8 Å². The number of hydrogen-bond donors (Lipinski definition) is 2. The molecule has 0 spiro atoms. The predicted molar refractivity (Wildman–Crippen MR) is 59.3 cm³/mol. The van der Waals surface area contributed by atoms with Gasteiger partial charge in [-0.3, -0.25) is 4.90 Å².